The van der Waals surface area contributed by atoms with Crippen LogP contribution < -0.4 is 5.69 Å². The zero-order chi connectivity index (χ0) is 11.1. The first-order valence-corrected chi connectivity index (χ1v) is 5.20. The van der Waals surface area contributed by atoms with Crippen LogP contribution in [0.4, 0.5) is 4.39 Å². The maximum Gasteiger partial charge on any atom is 0.350 e. The quantitative estimate of drug-likeness (QED) is 0.721. The number of aryl methyl sites for hydroxylation is 1. The molecule has 0 saturated heterocycles. The summed E-state index contributed by atoms with van der Waals surface area (Å²) in [4.78, 5) is 11.9. The molecule has 5 heteroatoms. The Labute approximate surface area is 90.9 Å². The Bertz CT molecular complexity index is 582. The van der Waals surface area contributed by atoms with Crippen LogP contribution in [0.2, 0.25) is 0 Å². The molecule has 2 heterocycles. The third kappa shape index (κ3) is 1.28. The van der Waals surface area contributed by atoms with Gasteiger partial charge in [0, 0.05) is 13.0 Å². The van der Waals surface area contributed by atoms with Gasteiger partial charge in [0.2, 0.25) is 0 Å². The highest BCUT2D eigenvalue weighted by atomic mass is 19.1. The fraction of sp³-hybridized carbons (Fsp3) is 0.273. The lowest BCUT2D eigenvalue weighted by molar-refractivity contribution is 0.626. The molecule has 0 aliphatic carbocycles. The zero-order valence-electron chi connectivity index (χ0n) is 8.56. The van der Waals surface area contributed by atoms with E-state index in [1.807, 2.05) is 0 Å². The molecule has 0 amide bonds. The fourth-order valence-electron chi connectivity index (χ4n) is 1.99. The molecule has 3 rings (SSSR count). The van der Waals surface area contributed by atoms with Crippen LogP contribution in [0.1, 0.15) is 12.2 Å². The first kappa shape index (κ1) is 9.33. The highest BCUT2D eigenvalue weighted by molar-refractivity contribution is 5.30. The van der Waals surface area contributed by atoms with Gasteiger partial charge in [0.25, 0.3) is 0 Å². The second-order valence-corrected chi connectivity index (χ2v) is 3.84. The van der Waals surface area contributed by atoms with E-state index in [2.05, 4.69) is 5.10 Å². The average Bonchev–Trinajstić information content (AvgIpc) is 2.84. The third-order valence-electron chi connectivity index (χ3n) is 2.79. The Hall–Kier alpha value is -1.91. The second kappa shape index (κ2) is 3.30. The summed E-state index contributed by atoms with van der Waals surface area (Å²) in [6.07, 6.45) is 1.81. The van der Waals surface area contributed by atoms with Gasteiger partial charge >= 0.3 is 5.69 Å². The molecule has 0 fully saturated rings. The Morgan fingerprint density at radius 3 is 2.69 bits per heavy atom. The van der Waals surface area contributed by atoms with E-state index in [1.54, 1.807) is 16.7 Å². The van der Waals surface area contributed by atoms with Crippen molar-refractivity contribution in [3.8, 4) is 5.69 Å². The van der Waals surface area contributed by atoms with Gasteiger partial charge in [0.1, 0.15) is 11.6 Å². The molecule has 16 heavy (non-hydrogen) atoms. The molecule has 1 aromatic carbocycles. The van der Waals surface area contributed by atoms with E-state index in [1.165, 1.54) is 16.8 Å². The van der Waals surface area contributed by atoms with E-state index >= 15 is 0 Å². The number of rotatable bonds is 1. The summed E-state index contributed by atoms with van der Waals surface area (Å²) in [5.41, 5.74) is 0.465. The molecule has 2 aromatic rings. The minimum absolute atomic E-state index is 0.140. The summed E-state index contributed by atoms with van der Waals surface area (Å²) in [7, 11) is 0. The van der Waals surface area contributed by atoms with Gasteiger partial charge < -0.3 is 0 Å². The van der Waals surface area contributed by atoms with Crippen LogP contribution in [0.25, 0.3) is 5.69 Å². The molecule has 0 bridgehead atoms. The number of aromatic nitrogens is 3. The summed E-state index contributed by atoms with van der Waals surface area (Å²) < 4.78 is 15.7. The molecule has 1 aromatic heterocycles. The third-order valence-corrected chi connectivity index (χ3v) is 2.79. The zero-order valence-corrected chi connectivity index (χ0v) is 8.56. The van der Waals surface area contributed by atoms with Crippen molar-refractivity contribution in [2.24, 2.45) is 0 Å². The molecule has 0 radical (unpaired) electrons. The number of hydrogen-bond donors (Lipinski definition) is 0. The first-order chi connectivity index (χ1) is 7.75. The number of fused-ring (bicyclic) bond motifs is 1. The van der Waals surface area contributed by atoms with Gasteiger partial charge in [0.05, 0.1) is 5.69 Å². The lowest BCUT2D eigenvalue weighted by Gasteiger charge is -1.98. The van der Waals surface area contributed by atoms with Crippen molar-refractivity contribution >= 4 is 0 Å². The van der Waals surface area contributed by atoms with Gasteiger partial charge in [-0.1, -0.05) is 0 Å². The van der Waals surface area contributed by atoms with Crippen LogP contribution in [-0.2, 0) is 13.0 Å². The van der Waals surface area contributed by atoms with E-state index in [0.29, 0.717) is 5.69 Å². The van der Waals surface area contributed by atoms with Crippen molar-refractivity contribution < 1.29 is 4.39 Å². The van der Waals surface area contributed by atoms with E-state index in [-0.39, 0.29) is 11.5 Å². The smallest absolute Gasteiger partial charge is 0.279 e. The minimum Gasteiger partial charge on any atom is -0.279 e. The fourth-order valence-corrected chi connectivity index (χ4v) is 1.99. The average molecular weight is 219 g/mol. The normalized spacial score (nSPS) is 14.1. The second-order valence-electron chi connectivity index (χ2n) is 3.84. The van der Waals surface area contributed by atoms with Gasteiger partial charge in [-0.2, -0.15) is 4.68 Å². The van der Waals surface area contributed by atoms with Crippen LogP contribution in [-0.4, -0.2) is 14.3 Å². The van der Waals surface area contributed by atoms with Crippen LogP contribution in [0, 0.1) is 5.82 Å². The van der Waals surface area contributed by atoms with Gasteiger partial charge in [-0.25, -0.2) is 9.18 Å². The first-order valence-electron chi connectivity index (χ1n) is 5.20. The summed E-state index contributed by atoms with van der Waals surface area (Å²) in [6, 6.07) is 5.76. The van der Waals surface area contributed by atoms with Crippen LogP contribution >= 0.6 is 0 Å². The van der Waals surface area contributed by atoms with Crippen LogP contribution in [0.5, 0.6) is 0 Å². The lowest BCUT2D eigenvalue weighted by Crippen LogP contribution is -2.22. The van der Waals surface area contributed by atoms with Gasteiger partial charge in [-0.05, 0) is 30.7 Å². The van der Waals surface area contributed by atoms with Crippen molar-refractivity contribution in [2.45, 2.75) is 19.4 Å². The number of benzene rings is 1. The van der Waals surface area contributed by atoms with Crippen LogP contribution in [0.15, 0.2) is 29.1 Å². The molecule has 0 saturated carbocycles. The molecule has 1 aliphatic rings. The van der Waals surface area contributed by atoms with E-state index in [0.717, 1.165) is 25.2 Å². The Kier molecular flexibility index (Phi) is 1.92. The SMILES string of the molecule is O=c1n(-c2ccc(F)cc2)nc2n1CCC2. The van der Waals surface area contributed by atoms with Crippen molar-refractivity contribution in [3.63, 3.8) is 0 Å². The molecule has 0 atom stereocenters. The van der Waals surface area contributed by atoms with Crippen LogP contribution in [0.3, 0.4) is 0 Å². The monoisotopic (exact) mass is 219 g/mol. The summed E-state index contributed by atoms with van der Waals surface area (Å²) in [5.74, 6) is 0.498. The number of halogens is 1. The Morgan fingerprint density at radius 1 is 1.25 bits per heavy atom. The largest absolute Gasteiger partial charge is 0.350 e. The minimum atomic E-state index is -0.316. The number of hydrogen-bond acceptors (Lipinski definition) is 2. The molecule has 0 unspecified atom stereocenters. The molecular weight excluding hydrogens is 209 g/mol. The van der Waals surface area contributed by atoms with Gasteiger partial charge in [-0.3, -0.25) is 4.57 Å². The highest BCUT2D eigenvalue weighted by Crippen LogP contribution is 2.11. The van der Waals surface area contributed by atoms with Gasteiger partial charge in [0.15, 0.2) is 0 Å². The molecule has 0 N–H and O–H groups in total. The van der Waals surface area contributed by atoms with E-state index in [4.69, 9.17) is 0 Å². The predicted molar refractivity (Wildman–Crippen MR) is 56.1 cm³/mol. The standard InChI is InChI=1S/C11H10FN3O/c12-8-3-5-9(6-4-8)15-11(16)14-7-1-2-10(14)13-15/h3-6H,1-2,7H2. The highest BCUT2D eigenvalue weighted by Gasteiger charge is 2.18. The van der Waals surface area contributed by atoms with Crippen molar-refractivity contribution in [1.29, 1.82) is 0 Å². The summed E-state index contributed by atoms with van der Waals surface area (Å²) >= 11 is 0. The molecule has 1 aliphatic heterocycles. The maximum absolute atomic E-state index is 12.8. The molecule has 0 spiro atoms. The van der Waals surface area contributed by atoms with E-state index < -0.39 is 0 Å². The summed E-state index contributed by atoms with van der Waals surface area (Å²) in [5, 5.41) is 4.23. The van der Waals surface area contributed by atoms with Crippen molar-refractivity contribution in [2.75, 3.05) is 0 Å². The lowest BCUT2D eigenvalue weighted by atomic mass is 10.3. The molecule has 82 valence electrons. The van der Waals surface area contributed by atoms with Crippen molar-refractivity contribution in [3.05, 3.63) is 46.4 Å². The Balaban J connectivity index is 2.14. The molecular formula is C11H10FN3O. The topological polar surface area (TPSA) is 39.8 Å². The van der Waals surface area contributed by atoms with Gasteiger partial charge in [-0.15, -0.1) is 5.10 Å². The Morgan fingerprint density at radius 2 is 2.00 bits per heavy atom. The summed E-state index contributed by atoms with van der Waals surface area (Å²) in [6.45, 7) is 0.732. The molecule has 4 nitrogen and oxygen atoms in total. The predicted octanol–water partition coefficient (Wildman–Crippen LogP) is 1.12. The maximum atomic E-state index is 12.8. The van der Waals surface area contributed by atoms with Crippen molar-refractivity contribution in [1.82, 2.24) is 14.3 Å². The number of nitrogens with zero attached hydrogens (tertiary/aromatic N) is 3. The van der Waals surface area contributed by atoms with E-state index in [9.17, 15) is 9.18 Å².